The van der Waals surface area contributed by atoms with Crippen LogP contribution in [0.15, 0.2) is 42.6 Å². The number of pyridine rings is 1. The van der Waals surface area contributed by atoms with Gasteiger partial charge in [0.25, 0.3) is 5.91 Å². The molecule has 0 saturated carbocycles. The van der Waals surface area contributed by atoms with Crippen LogP contribution in [0, 0.1) is 10.1 Å². The van der Waals surface area contributed by atoms with Gasteiger partial charge in [-0.15, -0.1) is 0 Å². The molecule has 1 unspecified atom stereocenters. The Morgan fingerprint density at radius 2 is 2.04 bits per heavy atom. The van der Waals surface area contributed by atoms with E-state index in [1.807, 2.05) is 0 Å². The number of nitrogens with one attached hydrogen (secondary N) is 1. The summed E-state index contributed by atoms with van der Waals surface area (Å²) in [6.45, 7) is 0.776. The smallest absolute Gasteiger partial charge is 0.344 e. The van der Waals surface area contributed by atoms with Crippen LogP contribution in [0.3, 0.4) is 0 Å². The highest BCUT2D eigenvalue weighted by Gasteiger charge is 2.20. The summed E-state index contributed by atoms with van der Waals surface area (Å²) in [5, 5.41) is 13.4. The second-order valence-corrected chi connectivity index (χ2v) is 5.33. The predicted molar refractivity (Wildman–Crippen MR) is 92.0 cm³/mol. The number of benzene rings is 1. The summed E-state index contributed by atoms with van der Waals surface area (Å²) >= 11 is 5.83. The highest BCUT2D eigenvalue weighted by Crippen LogP contribution is 2.25. The lowest BCUT2D eigenvalue weighted by molar-refractivity contribution is -0.385. The maximum absolute atomic E-state index is 12.0. The number of nitrogens with zero attached hydrogens (tertiary/aromatic N) is 2. The average Bonchev–Trinajstić information content (AvgIpc) is 2.62. The van der Waals surface area contributed by atoms with Gasteiger partial charge in [-0.1, -0.05) is 23.7 Å². The normalized spacial score (nSPS) is 11.3. The van der Waals surface area contributed by atoms with Crippen LogP contribution in [0.2, 0.25) is 5.15 Å². The van der Waals surface area contributed by atoms with Crippen molar-refractivity contribution in [2.24, 2.45) is 0 Å². The Morgan fingerprint density at radius 1 is 1.31 bits per heavy atom. The lowest BCUT2D eigenvalue weighted by atomic mass is 10.3. The van der Waals surface area contributed by atoms with Gasteiger partial charge >= 0.3 is 11.7 Å². The molecular formula is C16H14ClN3O6. The van der Waals surface area contributed by atoms with E-state index in [0.717, 1.165) is 0 Å². The van der Waals surface area contributed by atoms with Crippen LogP contribution in [-0.4, -0.2) is 34.5 Å². The topological polar surface area (TPSA) is 121 Å². The van der Waals surface area contributed by atoms with Crippen molar-refractivity contribution in [3.63, 3.8) is 0 Å². The van der Waals surface area contributed by atoms with Gasteiger partial charge in [0.1, 0.15) is 0 Å². The Labute approximate surface area is 153 Å². The van der Waals surface area contributed by atoms with E-state index in [0.29, 0.717) is 0 Å². The van der Waals surface area contributed by atoms with Crippen LogP contribution in [0.25, 0.3) is 0 Å². The molecule has 1 heterocycles. The van der Waals surface area contributed by atoms with Crippen molar-refractivity contribution in [3.05, 3.63) is 57.9 Å². The van der Waals surface area contributed by atoms with Crippen LogP contribution in [0.4, 0.5) is 11.4 Å². The van der Waals surface area contributed by atoms with Crippen LogP contribution >= 0.6 is 11.6 Å². The summed E-state index contributed by atoms with van der Waals surface area (Å²) in [5.41, 5.74) is -0.00413. The number of halogens is 1. The molecule has 136 valence electrons. The van der Waals surface area contributed by atoms with Crippen LogP contribution < -0.4 is 10.1 Å². The van der Waals surface area contributed by atoms with E-state index >= 15 is 0 Å². The summed E-state index contributed by atoms with van der Waals surface area (Å²) in [6.07, 6.45) is 0.329. The molecule has 1 aromatic carbocycles. The minimum absolute atomic E-state index is 0.0753. The van der Waals surface area contributed by atoms with E-state index in [1.54, 1.807) is 12.1 Å². The van der Waals surface area contributed by atoms with Crippen molar-refractivity contribution in [1.29, 1.82) is 0 Å². The second-order valence-electron chi connectivity index (χ2n) is 4.98. The maximum Gasteiger partial charge on any atom is 0.344 e. The minimum atomic E-state index is -1.13. The molecule has 26 heavy (non-hydrogen) atoms. The van der Waals surface area contributed by atoms with E-state index in [1.165, 1.54) is 37.4 Å². The SMILES string of the molecule is CC(OC(=O)COc1ccccc1[N+](=O)[O-])C(=O)Nc1cccnc1Cl. The monoisotopic (exact) mass is 379 g/mol. The number of esters is 1. The Bertz CT molecular complexity index is 829. The Balaban J connectivity index is 1.88. The van der Waals surface area contributed by atoms with E-state index in [9.17, 15) is 19.7 Å². The number of aromatic nitrogens is 1. The third-order valence-electron chi connectivity index (χ3n) is 3.10. The number of nitro benzene ring substituents is 1. The van der Waals surface area contributed by atoms with Gasteiger partial charge in [-0.25, -0.2) is 9.78 Å². The van der Waals surface area contributed by atoms with Gasteiger partial charge in [-0.3, -0.25) is 14.9 Å². The number of para-hydroxylation sites is 2. The predicted octanol–water partition coefficient (Wildman–Crippen LogP) is 2.59. The summed E-state index contributed by atoms with van der Waals surface area (Å²) in [6, 6.07) is 8.72. The number of hydrogen-bond acceptors (Lipinski definition) is 7. The highest BCUT2D eigenvalue weighted by atomic mass is 35.5. The lowest BCUT2D eigenvalue weighted by Gasteiger charge is -2.14. The largest absolute Gasteiger partial charge is 0.475 e. The second kappa shape index (κ2) is 8.77. The van der Waals surface area contributed by atoms with Gasteiger partial charge in [0.2, 0.25) is 0 Å². The lowest BCUT2D eigenvalue weighted by Crippen LogP contribution is -2.31. The molecule has 1 aromatic heterocycles. The van der Waals surface area contributed by atoms with E-state index in [4.69, 9.17) is 21.1 Å². The third-order valence-corrected chi connectivity index (χ3v) is 3.40. The molecule has 9 nitrogen and oxygen atoms in total. The first-order valence-corrected chi connectivity index (χ1v) is 7.73. The number of ether oxygens (including phenoxy) is 2. The number of nitro groups is 1. The fraction of sp³-hybridized carbons (Fsp3) is 0.188. The zero-order valence-electron chi connectivity index (χ0n) is 13.5. The molecule has 1 atom stereocenters. The van der Waals surface area contributed by atoms with Crippen LogP contribution in [0.5, 0.6) is 5.75 Å². The Morgan fingerprint density at radius 3 is 2.73 bits per heavy atom. The first-order valence-electron chi connectivity index (χ1n) is 7.35. The Hall–Kier alpha value is -3.20. The Kier molecular flexibility index (Phi) is 6.45. The van der Waals surface area contributed by atoms with Crippen molar-refractivity contribution in [2.45, 2.75) is 13.0 Å². The van der Waals surface area contributed by atoms with E-state index < -0.39 is 29.5 Å². The molecule has 1 N–H and O–H groups in total. The molecule has 0 fully saturated rings. The summed E-state index contributed by atoms with van der Waals surface area (Å²) in [4.78, 5) is 37.9. The van der Waals surface area contributed by atoms with Crippen molar-refractivity contribution < 1.29 is 24.0 Å². The fourth-order valence-electron chi connectivity index (χ4n) is 1.87. The van der Waals surface area contributed by atoms with Crippen molar-refractivity contribution in [3.8, 4) is 5.75 Å². The van der Waals surface area contributed by atoms with Gasteiger partial charge in [0.15, 0.2) is 23.6 Å². The molecular weight excluding hydrogens is 366 g/mol. The molecule has 2 aromatic rings. The molecule has 0 bridgehead atoms. The number of carbonyl (C=O) groups excluding carboxylic acids is 2. The fourth-order valence-corrected chi connectivity index (χ4v) is 2.03. The van der Waals surface area contributed by atoms with Crippen LogP contribution in [-0.2, 0) is 14.3 Å². The summed E-state index contributed by atoms with van der Waals surface area (Å²) in [5.74, 6) is -1.55. The minimum Gasteiger partial charge on any atom is -0.475 e. The number of hydrogen-bond donors (Lipinski definition) is 1. The van der Waals surface area contributed by atoms with Gasteiger partial charge in [0.05, 0.1) is 10.6 Å². The standard InChI is InChI=1S/C16H14ClN3O6/c1-10(16(22)19-11-5-4-8-18-15(11)17)26-14(21)9-25-13-7-3-2-6-12(13)20(23)24/h2-8,10H,9H2,1H3,(H,19,22). The zero-order valence-corrected chi connectivity index (χ0v) is 14.3. The van der Waals surface area contributed by atoms with Crippen molar-refractivity contribution >= 4 is 34.9 Å². The first kappa shape index (κ1) is 19.1. The molecule has 0 radical (unpaired) electrons. The number of anilines is 1. The average molecular weight is 380 g/mol. The number of carbonyl (C=O) groups is 2. The zero-order chi connectivity index (χ0) is 19.1. The molecule has 0 spiro atoms. The first-order chi connectivity index (χ1) is 12.4. The van der Waals surface area contributed by atoms with Gasteiger partial charge < -0.3 is 14.8 Å². The molecule has 0 aliphatic heterocycles. The molecule has 10 heteroatoms. The highest BCUT2D eigenvalue weighted by molar-refractivity contribution is 6.32. The summed E-state index contributed by atoms with van der Waals surface area (Å²) in [7, 11) is 0. The molecule has 1 amide bonds. The van der Waals surface area contributed by atoms with Crippen LogP contribution in [0.1, 0.15) is 6.92 Å². The maximum atomic E-state index is 12.0. The van der Waals surface area contributed by atoms with Gasteiger partial charge in [-0.05, 0) is 25.1 Å². The van der Waals surface area contributed by atoms with Gasteiger partial charge in [0, 0.05) is 12.3 Å². The van der Waals surface area contributed by atoms with E-state index in [-0.39, 0.29) is 22.3 Å². The molecule has 0 saturated heterocycles. The van der Waals surface area contributed by atoms with Crippen molar-refractivity contribution in [1.82, 2.24) is 4.98 Å². The van der Waals surface area contributed by atoms with Gasteiger partial charge in [-0.2, -0.15) is 0 Å². The van der Waals surface area contributed by atoms with E-state index in [2.05, 4.69) is 10.3 Å². The quantitative estimate of drug-likeness (QED) is 0.339. The third kappa shape index (κ3) is 5.15. The molecule has 0 aliphatic rings. The number of amides is 1. The number of rotatable bonds is 7. The summed E-state index contributed by atoms with van der Waals surface area (Å²) < 4.78 is 10.0. The molecule has 2 rings (SSSR count). The van der Waals surface area contributed by atoms with Crippen molar-refractivity contribution in [2.75, 3.05) is 11.9 Å². The molecule has 0 aliphatic carbocycles.